The van der Waals surface area contributed by atoms with E-state index in [0.717, 1.165) is 0 Å². The van der Waals surface area contributed by atoms with Crippen molar-refractivity contribution in [2.24, 2.45) is 0 Å². The minimum Gasteiger partial charge on any atom is -0.434 e. The smallest absolute Gasteiger partial charge is 0.387 e. The summed E-state index contributed by atoms with van der Waals surface area (Å²) >= 11 is 0. The van der Waals surface area contributed by atoms with Crippen LogP contribution in [0.3, 0.4) is 0 Å². The first-order valence-electron chi connectivity index (χ1n) is 5.20. The summed E-state index contributed by atoms with van der Waals surface area (Å²) in [6.45, 7) is 1.71. The van der Waals surface area contributed by atoms with E-state index < -0.39 is 11.5 Å². The molecular weight excluding hydrogens is 244 g/mol. The lowest BCUT2D eigenvalue weighted by Crippen LogP contribution is -2.05. The van der Waals surface area contributed by atoms with Crippen LogP contribution < -0.4 is 4.74 Å². The van der Waals surface area contributed by atoms with Gasteiger partial charge in [-0.1, -0.05) is 0 Å². The molecule has 0 radical (unpaired) electrons. The third-order valence-electron chi connectivity index (χ3n) is 2.35. The molecule has 1 aromatic carbocycles. The van der Waals surface area contributed by atoms with Crippen LogP contribution in [-0.2, 0) is 0 Å². The number of allylic oxidation sites excluding steroid dienone is 1. The van der Waals surface area contributed by atoms with Gasteiger partial charge in [-0.05, 0) is 42.7 Å². The predicted molar refractivity (Wildman–Crippen MR) is 63.2 cm³/mol. The Hall–Kier alpha value is -1.98. The molecule has 4 nitrogen and oxygen atoms in total. The van der Waals surface area contributed by atoms with Crippen molar-refractivity contribution in [1.29, 1.82) is 0 Å². The number of hydrogen-bond donors (Lipinski definition) is 0. The van der Waals surface area contributed by atoms with Crippen molar-refractivity contribution in [3.05, 3.63) is 44.6 Å². The van der Waals surface area contributed by atoms with Crippen molar-refractivity contribution in [2.45, 2.75) is 27.4 Å². The molecule has 0 atom stereocenters. The molecule has 0 aromatic heterocycles. The minimum absolute atomic E-state index is 0.0173. The van der Waals surface area contributed by atoms with Gasteiger partial charge in [-0.15, -0.1) is 0 Å². The molecule has 0 heterocycles. The van der Waals surface area contributed by atoms with Crippen molar-refractivity contribution >= 4 is 6.08 Å². The molecule has 0 saturated heterocycles. The highest BCUT2D eigenvalue weighted by atomic mass is 19.3. The fraction of sp³-hybridized carbons (Fsp3) is 0.333. The van der Waals surface area contributed by atoms with Gasteiger partial charge in [0, 0.05) is 13.0 Å². The molecule has 0 spiro atoms. The maximum Gasteiger partial charge on any atom is 0.387 e. The summed E-state index contributed by atoms with van der Waals surface area (Å²) in [5, 5.41) is 10.5. The number of benzene rings is 1. The first-order valence-corrected chi connectivity index (χ1v) is 5.20. The number of alkyl halides is 2. The van der Waals surface area contributed by atoms with Gasteiger partial charge in [-0.2, -0.15) is 8.78 Å². The monoisotopic (exact) mass is 257 g/mol. The Labute approximate surface area is 103 Å². The zero-order valence-corrected chi connectivity index (χ0v) is 10.2. The molecule has 0 saturated carbocycles. The van der Waals surface area contributed by atoms with E-state index in [9.17, 15) is 18.9 Å². The molecule has 0 amide bonds. The average molecular weight is 257 g/mol. The number of halogens is 2. The van der Waals surface area contributed by atoms with E-state index in [0.29, 0.717) is 16.7 Å². The number of hydrogen-bond acceptors (Lipinski definition) is 3. The highest BCUT2D eigenvalue weighted by Crippen LogP contribution is 2.27. The van der Waals surface area contributed by atoms with Gasteiger partial charge in [0.2, 0.25) is 5.70 Å². The third-order valence-corrected chi connectivity index (χ3v) is 2.35. The summed E-state index contributed by atoms with van der Waals surface area (Å²) in [6, 6.07) is 3.13. The number of ether oxygens (including phenoxy) is 1. The Balaban J connectivity index is 3.14. The molecule has 98 valence electrons. The Bertz CT molecular complexity index is 475. The van der Waals surface area contributed by atoms with Crippen molar-refractivity contribution in [1.82, 2.24) is 0 Å². The molecule has 0 aliphatic heterocycles. The van der Waals surface area contributed by atoms with Crippen LogP contribution in [0, 0.1) is 24.0 Å². The molecule has 0 aliphatic rings. The highest BCUT2D eigenvalue weighted by Gasteiger charge is 2.12. The average Bonchev–Trinajstić information content (AvgIpc) is 2.23. The minimum atomic E-state index is -2.88. The molecule has 0 N–H and O–H groups in total. The first-order chi connectivity index (χ1) is 8.31. The first kappa shape index (κ1) is 14.1. The number of aryl methyl sites for hydroxylation is 2. The van der Waals surface area contributed by atoms with Crippen LogP contribution in [0.1, 0.15) is 23.6 Å². The summed E-state index contributed by atoms with van der Waals surface area (Å²) in [6.07, 6.45) is 1.38. The summed E-state index contributed by atoms with van der Waals surface area (Å²) in [4.78, 5) is 9.99. The lowest BCUT2D eigenvalue weighted by molar-refractivity contribution is -0.422. The lowest BCUT2D eigenvalue weighted by atomic mass is 10.0. The number of rotatable bonds is 4. The topological polar surface area (TPSA) is 52.4 Å². The van der Waals surface area contributed by atoms with Gasteiger partial charge in [0.1, 0.15) is 5.75 Å². The second kappa shape index (κ2) is 5.57. The van der Waals surface area contributed by atoms with Crippen molar-refractivity contribution < 1.29 is 18.4 Å². The number of nitro groups is 1. The zero-order valence-electron chi connectivity index (χ0n) is 10.2. The second-order valence-electron chi connectivity index (χ2n) is 3.91. The van der Waals surface area contributed by atoms with E-state index >= 15 is 0 Å². The van der Waals surface area contributed by atoms with Gasteiger partial charge in [-0.3, -0.25) is 10.1 Å². The normalized spacial score (nSPS) is 11.8. The molecule has 0 aliphatic carbocycles. The van der Waals surface area contributed by atoms with Crippen molar-refractivity contribution in [2.75, 3.05) is 0 Å². The molecule has 6 heteroatoms. The van der Waals surface area contributed by atoms with Gasteiger partial charge >= 0.3 is 6.61 Å². The van der Waals surface area contributed by atoms with Crippen LogP contribution in [0.4, 0.5) is 8.78 Å². The third kappa shape index (κ3) is 3.51. The molecular formula is C12H13F2NO3. The second-order valence-corrected chi connectivity index (χ2v) is 3.91. The molecule has 1 rings (SSSR count). The van der Waals surface area contributed by atoms with E-state index in [1.54, 1.807) is 26.0 Å². The van der Waals surface area contributed by atoms with Gasteiger partial charge < -0.3 is 4.74 Å². The maximum absolute atomic E-state index is 12.2. The van der Waals surface area contributed by atoms with Gasteiger partial charge in [-0.25, -0.2) is 0 Å². The molecule has 1 aromatic rings. The Morgan fingerprint density at radius 2 is 1.89 bits per heavy atom. The van der Waals surface area contributed by atoms with Crippen LogP contribution in [0.25, 0.3) is 6.08 Å². The predicted octanol–water partition coefficient (Wildman–Crippen LogP) is 3.54. The summed E-state index contributed by atoms with van der Waals surface area (Å²) in [5.41, 5.74) is 1.59. The summed E-state index contributed by atoms with van der Waals surface area (Å²) in [5.74, 6) is 0.112. The van der Waals surface area contributed by atoms with Crippen LogP contribution in [0.2, 0.25) is 0 Å². The fourth-order valence-electron chi connectivity index (χ4n) is 1.64. The highest BCUT2D eigenvalue weighted by molar-refractivity contribution is 5.57. The van der Waals surface area contributed by atoms with Crippen LogP contribution in [0.15, 0.2) is 17.8 Å². The molecule has 0 fully saturated rings. The van der Waals surface area contributed by atoms with Crippen LogP contribution in [0.5, 0.6) is 5.75 Å². The van der Waals surface area contributed by atoms with Gasteiger partial charge in [0.25, 0.3) is 0 Å². The molecule has 18 heavy (non-hydrogen) atoms. The number of nitrogens with zero attached hydrogens (tertiary/aromatic N) is 1. The Kier molecular flexibility index (Phi) is 4.36. The summed E-state index contributed by atoms with van der Waals surface area (Å²) in [7, 11) is 0. The summed E-state index contributed by atoms with van der Waals surface area (Å²) < 4.78 is 28.7. The van der Waals surface area contributed by atoms with Crippen molar-refractivity contribution in [3.63, 3.8) is 0 Å². The van der Waals surface area contributed by atoms with Crippen LogP contribution >= 0.6 is 0 Å². The van der Waals surface area contributed by atoms with Crippen LogP contribution in [-0.4, -0.2) is 11.5 Å². The zero-order chi connectivity index (χ0) is 13.9. The Morgan fingerprint density at radius 1 is 1.39 bits per heavy atom. The molecule has 0 unspecified atom stereocenters. The van der Waals surface area contributed by atoms with E-state index in [-0.39, 0.29) is 11.4 Å². The molecule has 0 bridgehead atoms. The SMILES string of the molecule is CC(=Cc1cc(C)c(OC(F)F)c(C)c1)[N+](=O)[O-]. The van der Waals surface area contributed by atoms with E-state index in [1.807, 2.05) is 0 Å². The van der Waals surface area contributed by atoms with E-state index in [1.165, 1.54) is 13.0 Å². The van der Waals surface area contributed by atoms with Gasteiger partial charge in [0.05, 0.1) is 4.92 Å². The van der Waals surface area contributed by atoms with Crippen molar-refractivity contribution in [3.8, 4) is 5.75 Å². The largest absolute Gasteiger partial charge is 0.434 e. The standard InChI is InChI=1S/C12H13F2NO3/c1-7-4-10(6-9(3)15(16)17)5-8(2)11(7)18-12(13)14/h4-6,12H,1-3H3. The fourth-order valence-corrected chi connectivity index (χ4v) is 1.64. The van der Waals surface area contributed by atoms with E-state index in [4.69, 9.17) is 0 Å². The van der Waals surface area contributed by atoms with E-state index in [2.05, 4.69) is 4.74 Å². The lowest BCUT2D eigenvalue weighted by Gasteiger charge is -2.11. The Morgan fingerprint density at radius 3 is 2.28 bits per heavy atom. The quantitative estimate of drug-likeness (QED) is 0.612. The maximum atomic E-state index is 12.2. The van der Waals surface area contributed by atoms with Gasteiger partial charge in [0.15, 0.2) is 0 Å².